The number of carbonyl (C=O) groups excluding carboxylic acids is 1. The fourth-order valence-corrected chi connectivity index (χ4v) is 5.77. The van der Waals surface area contributed by atoms with Crippen LogP contribution in [0.5, 0.6) is 17.2 Å². The number of benzene rings is 3. The second-order valence-corrected chi connectivity index (χ2v) is 10.4. The highest BCUT2D eigenvalue weighted by Gasteiger charge is 2.35. The zero-order valence-corrected chi connectivity index (χ0v) is 20.5. The Balaban J connectivity index is 1.53. The number of anilines is 1. The quantitative estimate of drug-likeness (QED) is 0.457. The van der Waals surface area contributed by atoms with Crippen molar-refractivity contribution in [3.8, 4) is 17.2 Å². The summed E-state index contributed by atoms with van der Waals surface area (Å²) in [5.74, 6) is -0.650. The molecular weight excluding hydrogens is 495 g/mol. The van der Waals surface area contributed by atoms with Crippen LogP contribution in [0, 0.1) is 11.7 Å². The van der Waals surface area contributed by atoms with Crippen LogP contribution in [0.4, 0.5) is 10.1 Å². The Hall–Kier alpha value is -3.14. The highest BCUT2D eigenvalue weighted by atomic mass is 35.5. The van der Waals surface area contributed by atoms with E-state index in [4.69, 9.17) is 21.1 Å². The van der Waals surface area contributed by atoms with Crippen LogP contribution in [0.1, 0.15) is 12.8 Å². The molecule has 1 saturated heterocycles. The highest BCUT2D eigenvalue weighted by molar-refractivity contribution is 7.89. The molecule has 0 radical (unpaired) electrons. The van der Waals surface area contributed by atoms with Gasteiger partial charge in [0.1, 0.15) is 22.2 Å². The monoisotopic (exact) mass is 518 g/mol. The fraction of sp³-hybridized carbons (Fsp3) is 0.240. The van der Waals surface area contributed by atoms with Crippen molar-refractivity contribution in [1.82, 2.24) is 4.31 Å². The van der Waals surface area contributed by atoms with Crippen molar-refractivity contribution in [3.05, 3.63) is 77.6 Å². The van der Waals surface area contributed by atoms with E-state index in [0.29, 0.717) is 35.1 Å². The number of ether oxygens (including phenoxy) is 2. The first-order valence-electron chi connectivity index (χ1n) is 10.9. The summed E-state index contributed by atoms with van der Waals surface area (Å²) in [6.07, 6.45) is 0.964. The second kappa shape index (κ2) is 10.6. The molecule has 0 saturated carbocycles. The van der Waals surface area contributed by atoms with Crippen molar-refractivity contribution in [2.45, 2.75) is 17.7 Å². The molecule has 4 rings (SSSR count). The lowest BCUT2D eigenvalue weighted by atomic mass is 9.98. The highest BCUT2D eigenvalue weighted by Crippen LogP contribution is 2.34. The third kappa shape index (κ3) is 5.75. The minimum atomic E-state index is -4.08. The predicted octanol–water partition coefficient (Wildman–Crippen LogP) is 5.32. The van der Waals surface area contributed by atoms with E-state index in [-0.39, 0.29) is 29.6 Å². The molecule has 0 unspecified atom stereocenters. The van der Waals surface area contributed by atoms with Crippen LogP contribution in [0.2, 0.25) is 5.02 Å². The number of halogens is 2. The maximum Gasteiger partial charge on any atom is 0.246 e. The van der Waals surface area contributed by atoms with Gasteiger partial charge in [-0.3, -0.25) is 4.79 Å². The molecular formula is C25H24ClFN2O5S. The molecule has 1 heterocycles. The maximum atomic E-state index is 13.8. The third-order valence-corrected chi connectivity index (χ3v) is 7.79. The van der Waals surface area contributed by atoms with Gasteiger partial charge in [0.25, 0.3) is 0 Å². The molecule has 0 bridgehead atoms. The van der Waals surface area contributed by atoms with E-state index in [0.717, 1.165) is 12.1 Å². The van der Waals surface area contributed by atoms with E-state index in [1.54, 1.807) is 30.3 Å². The summed E-state index contributed by atoms with van der Waals surface area (Å²) >= 11 is 6.14. The first kappa shape index (κ1) is 25.0. The summed E-state index contributed by atoms with van der Waals surface area (Å²) in [7, 11) is -2.76. The average Bonchev–Trinajstić information content (AvgIpc) is 2.86. The summed E-state index contributed by atoms with van der Waals surface area (Å²) in [6.45, 7) is 0.161. The van der Waals surface area contributed by atoms with Crippen molar-refractivity contribution in [3.63, 3.8) is 0 Å². The number of hydrogen-bond donors (Lipinski definition) is 1. The third-order valence-electron chi connectivity index (χ3n) is 5.67. The second-order valence-electron chi connectivity index (χ2n) is 8.04. The molecule has 3 aromatic carbocycles. The van der Waals surface area contributed by atoms with Gasteiger partial charge in [0.15, 0.2) is 5.75 Å². The summed E-state index contributed by atoms with van der Waals surface area (Å²) in [5.41, 5.74) is 0.373. The Bertz CT molecular complexity index is 1320. The number of rotatable bonds is 7. The molecule has 1 aliphatic heterocycles. The number of amides is 1. The number of piperidine rings is 1. The zero-order valence-electron chi connectivity index (χ0n) is 18.9. The topological polar surface area (TPSA) is 84.9 Å². The van der Waals surface area contributed by atoms with Gasteiger partial charge in [0.2, 0.25) is 15.9 Å². The Morgan fingerprint density at radius 2 is 1.83 bits per heavy atom. The van der Waals surface area contributed by atoms with E-state index in [1.165, 1.54) is 17.5 Å². The minimum absolute atomic E-state index is 0.0413. The van der Waals surface area contributed by atoms with E-state index in [2.05, 4.69) is 5.32 Å². The van der Waals surface area contributed by atoms with Crippen LogP contribution in [0.25, 0.3) is 0 Å². The Kier molecular flexibility index (Phi) is 7.59. The molecule has 1 fully saturated rings. The van der Waals surface area contributed by atoms with Crippen molar-refractivity contribution in [1.29, 1.82) is 0 Å². The molecule has 7 nitrogen and oxygen atoms in total. The Morgan fingerprint density at radius 1 is 1.09 bits per heavy atom. The summed E-state index contributed by atoms with van der Waals surface area (Å²) in [5, 5.41) is 3.24. The Morgan fingerprint density at radius 3 is 2.57 bits per heavy atom. The van der Waals surface area contributed by atoms with Gasteiger partial charge in [-0.15, -0.1) is 0 Å². The van der Waals surface area contributed by atoms with Crippen LogP contribution in [0.15, 0.2) is 71.6 Å². The van der Waals surface area contributed by atoms with Crippen molar-refractivity contribution in [2.75, 3.05) is 25.5 Å². The molecule has 0 aliphatic carbocycles. The van der Waals surface area contributed by atoms with E-state index in [9.17, 15) is 17.6 Å². The van der Waals surface area contributed by atoms with Crippen LogP contribution in [-0.4, -0.2) is 38.8 Å². The van der Waals surface area contributed by atoms with Gasteiger partial charge in [-0.25, -0.2) is 12.8 Å². The van der Waals surface area contributed by atoms with Crippen LogP contribution >= 0.6 is 11.6 Å². The average molecular weight is 519 g/mol. The summed E-state index contributed by atoms with van der Waals surface area (Å²) < 4.78 is 52.6. The molecule has 184 valence electrons. The van der Waals surface area contributed by atoms with Gasteiger partial charge in [0.05, 0.1) is 18.7 Å². The van der Waals surface area contributed by atoms with Gasteiger partial charge < -0.3 is 14.8 Å². The largest absolute Gasteiger partial charge is 0.495 e. The number of nitrogens with zero attached hydrogens (tertiary/aromatic N) is 1. The predicted molar refractivity (Wildman–Crippen MR) is 131 cm³/mol. The van der Waals surface area contributed by atoms with Gasteiger partial charge in [0, 0.05) is 18.1 Å². The first-order valence-corrected chi connectivity index (χ1v) is 12.8. The van der Waals surface area contributed by atoms with Crippen molar-refractivity contribution < 1.29 is 27.1 Å². The molecule has 0 spiro atoms. The lowest BCUT2D eigenvalue weighted by Gasteiger charge is -2.31. The SMILES string of the molecule is COc1ccc(F)cc1S(=O)(=O)N1CCC[C@@H](C(=O)Nc2cc(Cl)ccc2Oc2ccccc2)C1. The van der Waals surface area contributed by atoms with E-state index >= 15 is 0 Å². The summed E-state index contributed by atoms with van der Waals surface area (Å²) in [6, 6.07) is 17.3. The number of hydrogen-bond acceptors (Lipinski definition) is 5. The van der Waals surface area contributed by atoms with Crippen molar-refractivity contribution >= 4 is 33.2 Å². The zero-order chi connectivity index (χ0) is 25.0. The van der Waals surface area contributed by atoms with Crippen LogP contribution in [0.3, 0.4) is 0 Å². The van der Waals surface area contributed by atoms with Gasteiger partial charge in [-0.05, 0) is 61.4 Å². The normalized spacial score (nSPS) is 16.5. The molecule has 35 heavy (non-hydrogen) atoms. The number of para-hydroxylation sites is 1. The molecule has 1 amide bonds. The first-order chi connectivity index (χ1) is 16.8. The number of carbonyl (C=O) groups is 1. The number of sulfonamides is 1. The van der Waals surface area contributed by atoms with E-state index in [1.807, 2.05) is 18.2 Å². The lowest BCUT2D eigenvalue weighted by molar-refractivity contribution is -0.120. The molecule has 1 N–H and O–H groups in total. The van der Waals surface area contributed by atoms with Gasteiger partial charge in [-0.1, -0.05) is 29.8 Å². The summed E-state index contributed by atoms with van der Waals surface area (Å²) in [4.78, 5) is 12.9. The van der Waals surface area contributed by atoms with Gasteiger partial charge >= 0.3 is 0 Å². The van der Waals surface area contributed by atoms with Crippen LogP contribution in [-0.2, 0) is 14.8 Å². The molecule has 10 heteroatoms. The Labute approximate surface area is 208 Å². The molecule has 3 aromatic rings. The van der Waals surface area contributed by atoms with E-state index < -0.39 is 21.8 Å². The fourth-order valence-electron chi connectivity index (χ4n) is 3.91. The standard InChI is InChI=1S/C25H24ClFN2O5S/c1-33-23-12-10-19(27)15-24(23)35(31,32)29-13-5-6-17(16-29)25(30)28-21-14-18(26)9-11-22(21)34-20-7-3-2-4-8-20/h2-4,7-12,14-15,17H,5-6,13,16H2,1H3,(H,28,30)/t17-/m1/s1. The smallest absolute Gasteiger partial charge is 0.246 e. The maximum absolute atomic E-state index is 13.8. The van der Waals surface area contributed by atoms with Crippen LogP contribution < -0.4 is 14.8 Å². The lowest BCUT2D eigenvalue weighted by Crippen LogP contribution is -2.43. The number of methoxy groups -OCH3 is 1. The molecule has 1 atom stereocenters. The molecule has 1 aliphatic rings. The molecule has 0 aromatic heterocycles. The van der Waals surface area contributed by atoms with Gasteiger partial charge in [-0.2, -0.15) is 4.31 Å². The minimum Gasteiger partial charge on any atom is -0.495 e. The number of nitrogens with one attached hydrogen (secondary N) is 1. The van der Waals surface area contributed by atoms with Crippen molar-refractivity contribution in [2.24, 2.45) is 5.92 Å².